The highest BCUT2D eigenvalue weighted by molar-refractivity contribution is 6.03. The van der Waals surface area contributed by atoms with Crippen LogP contribution in [0.25, 0.3) is 0 Å². The Morgan fingerprint density at radius 3 is 2.69 bits per heavy atom. The molecule has 0 bridgehead atoms. The summed E-state index contributed by atoms with van der Waals surface area (Å²) in [5.74, 6) is 2.18. The van der Waals surface area contributed by atoms with Gasteiger partial charge in [-0.1, -0.05) is 12.1 Å². The predicted molar refractivity (Wildman–Crippen MR) is 96.6 cm³/mol. The van der Waals surface area contributed by atoms with Crippen molar-refractivity contribution < 1.29 is 19.0 Å². The average molecular weight is 352 g/mol. The molecule has 0 fully saturated rings. The van der Waals surface area contributed by atoms with E-state index in [1.807, 2.05) is 49.4 Å². The van der Waals surface area contributed by atoms with E-state index in [9.17, 15) is 4.79 Å². The molecule has 0 spiro atoms. The number of rotatable bonds is 4. The van der Waals surface area contributed by atoms with Crippen molar-refractivity contribution in [2.75, 3.05) is 13.4 Å². The van der Waals surface area contributed by atoms with Crippen molar-refractivity contribution in [3.05, 3.63) is 53.6 Å². The first kappa shape index (κ1) is 16.4. The summed E-state index contributed by atoms with van der Waals surface area (Å²) < 4.78 is 16.3. The molecule has 2 aliphatic rings. The largest absolute Gasteiger partial charge is 0.494 e. The molecule has 0 aliphatic carbocycles. The maximum Gasteiger partial charge on any atom is 0.240 e. The van der Waals surface area contributed by atoms with Crippen molar-refractivity contribution in [3.8, 4) is 17.2 Å². The highest BCUT2D eigenvalue weighted by Crippen LogP contribution is 2.37. The minimum Gasteiger partial charge on any atom is -0.494 e. The van der Waals surface area contributed by atoms with Gasteiger partial charge in [0.2, 0.25) is 12.7 Å². The van der Waals surface area contributed by atoms with Crippen LogP contribution in [0.15, 0.2) is 47.6 Å². The molecule has 0 aromatic heterocycles. The van der Waals surface area contributed by atoms with Crippen LogP contribution in [0.1, 0.15) is 37.4 Å². The van der Waals surface area contributed by atoms with Crippen LogP contribution in [-0.4, -0.2) is 30.0 Å². The zero-order valence-electron chi connectivity index (χ0n) is 14.8. The molecule has 2 aromatic carbocycles. The Labute approximate surface area is 152 Å². The Morgan fingerprint density at radius 1 is 1.19 bits per heavy atom. The molecule has 4 rings (SSSR count). The predicted octanol–water partition coefficient (Wildman–Crippen LogP) is 3.51. The number of hydrazone groups is 1. The van der Waals surface area contributed by atoms with E-state index in [1.165, 1.54) is 6.92 Å². The van der Waals surface area contributed by atoms with E-state index in [0.29, 0.717) is 18.8 Å². The maximum absolute atomic E-state index is 12.1. The van der Waals surface area contributed by atoms with Gasteiger partial charge in [-0.3, -0.25) is 4.79 Å². The van der Waals surface area contributed by atoms with Gasteiger partial charge in [0.15, 0.2) is 11.5 Å². The van der Waals surface area contributed by atoms with Gasteiger partial charge in [0.25, 0.3) is 0 Å². The summed E-state index contributed by atoms with van der Waals surface area (Å²) in [5.41, 5.74) is 2.83. The molecule has 1 amide bonds. The number of carbonyl (C=O) groups excluding carboxylic acids is 1. The summed E-state index contributed by atoms with van der Waals surface area (Å²) in [4.78, 5) is 12.1. The molecule has 6 heteroatoms. The summed E-state index contributed by atoms with van der Waals surface area (Å²) in [6.07, 6.45) is 0.646. The summed E-state index contributed by atoms with van der Waals surface area (Å²) in [5, 5.41) is 6.12. The van der Waals surface area contributed by atoms with E-state index < -0.39 is 0 Å². The van der Waals surface area contributed by atoms with Crippen molar-refractivity contribution in [3.63, 3.8) is 0 Å². The number of carbonyl (C=O) groups is 1. The second kappa shape index (κ2) is 6.71. The molecule has 26 heavy (non-hydrogen) atoms. The van der Waals surface area contributed by atoms with Crippen molar-refractivity contribution in [1.29, 1.82) is 0 Å². The highest BCUT2D eigenvalue weighted by Gasteiger charge is 2.32. The Morgan fingerprint density at radius 2 is 1.96 bits per heavy atom. The molecule has 1 atom stereocenters. The van der Waals surface area contributed by atoms with Crippen molar-refractivity contribution in [1.82, 2.24) is 5.01 Å². The second-order valence-electron chi connectivity index (χ2n) is 6.20. The fraction of sp³-hybridized carbons (Fsp3) is 0.300. The lowest BCUT2D eigenvalue weighted by Gasteiger charge is -2.20. The first-order valence-electron chi connectivity index (χ1n) is 8.65. The van der Waals surface area contributed by atoms with Gasteiger partial charge in [0, 0.05) is 18.9 Å². The van der Waals surface area contributed by atoms with E-state index >= 15 is 0 Å². The summed E-state index contributed by atoms with van der Waals surface area (Å²) in [6, 6.07) is 13.5. The topological polar surface area (TPSA) is 60.4 Å². The zero-order valence-corrected chi connectivity index (χ0v) is 14.8. The minimum absolute atomic E-state index is 0.0837. The molecule has 0 saturated heterocycles. The molecule has 0 radical (unpaired) electrons. The van der Waals surface area contributed by atoms with Crippen LogP contribution in [0.4, 0.5) is 0 Å². The lowest BCUT2D eigenvalue weighted by molar-refractivity contribution is -0.130. The number of nitrogens with zero attached hydrogens (tertiary/aromatic N) is 2. The zero-order chi connectivity index (χ0) is 18.1. The van der Waals surface area contributed by atoms with Crippen LogP contribution in [-0.2, 0) is 4.79 Å². The van der Waals surface area contributed by atoms with Gasteiger partial charge in [-0.2, -0.15) is 5.10 Å². The van der Waals surface area contributed by atoms with Crippen LogP contribution in [0.5, 0.6) is 17.2 Å². The first-order valence-corrected chi connectivity index (χ1v) is 8.65. The number of benzene rings is 2. The lowest BCUT2D eigenvalue weighted by atomic mass is 9.98. The monoisotopic (exact) mass is 352 g/mol. The van der Waals surface area contributed by atoms with Gasteiger partial charge in [-0.25, -0.2) is 5.01 Å². The molecule has 0 unspecified atom stereocenters. The Kier molecular flexibility index (Phi) is 4.24. The van der Waals surface area contributed by atoms with Crippen LogP contribution in [0.3, 0.4) is 0 Å². The molecule has 0 N–H and O–H groups in total. The molecule has 134 valence electrons. The van der Waals surface area contributed by atoms with E-state index in [2.05, 4.69) is 5.10 Å². The van der Waals surface area contributed by atoms with E-state index in [0.717, 1.165) is 28.3 Å². The molecule has 2 aliphatic heterocycles. The summed E-state index contributed by atoms with van der Waals surface area (Å²) in [7, 11) is 0. The van der Waals surface area contributed by atoms with Crippen LogP contribution in [0.2, 0.25) is 0 Å². The average Bonchev–Trinajstić information content (AvgIpc) is 3.29. The van der Waals surface area contributed by atoms with Gasteiger partial charge in [-0.05, 0) is 42.8 Å². The van der Waals surface area contributed by atoms with E-state index in [1.54, 1.807) is 5.01 Å². The smallest absolute Gasteiger partial charge is 0.240 e. The number of fused-ring (bicyclic) bond motifs is 1. The molecule has 6 nitrogen and oxygen atoms in total. The minimum atomic E-state index is -0.122. The third kappa shape index (κ3) is 2.98. The van der Waals surface area contributed by atoms with Gasteiger partial charge >= 0.3 is 0 Å². The third-order valence-corrected chi connectivity index (χ3v) is 4.51. The fourth-order valence-electron chi connectivity index (χ4n) is 3.26. The van der Waals surface area contributed by atoms with E-state index in [-0.39, 0.29) is 18.7 Å². The van der Waals surface area contributed by atoms with Gasteiger partial charge in [0.1, 0.15) is 5.75 Å². The highest BCUT2D eigenvalue weighted by atomic mass is 16.7. The standard InChI is InChI=1S/C20H20N2O4/c1-3-24-16-7-4-14(5-8-16)18-11-17(21-22(18)13(2)23)15-6-9-19-20(10-15)26-12-25-19/h4-10,18H,3,11-12H2,1-2H3/t18-/m1/s1. The molecular weight excluding hydrogens is 332 g/mol. The van der Waals surface area contributed by atoms with Gasteiger partial charge < -0.3 is 14.2 Å². The molecule has 2 heterocycles. The molecular formula is C20H20N2O4. The molecule has 2 aromatic rings. The number of amides is 1. The number of hydrogen-bond donors (Lipinski definition) is 0. The van der Waals surface area contributed by atoms with Crippen LogP contribution < -0.4 is 14.2 Å². The van der Waals surface area contributed by atoms with E-state index in [4.69, 9.17) is 14.2 Å². The quantitative estimate of drug-likeness (QED) is 0.845. The van der Waals surface area contributed by atoms with Crippen LogP contribution >= 0.6 is 0 Å². The molecule has 0 saturated carbocycles. The van der Waals surface area contributed by atoms with Crippen molar-refractivity contribution in [2.24, 2.45) is 5.10 Å². The summed E-state index contributed by atoms with van der Waals surface area (Å²) >= 11 is 0. The second-order valence-corrected chi connectivity index (χ2v) is 6.20. The SMILES string of the molecule is CCOc1ccc([C@H]2CC(c3ccc4c(c3)OCO4)=NN2C(C)=O)cc1. The third-order valence-electron chi connectivity index (χ3n) is 4.51. The van der Waals surface area contributed by atoms with Gasteiger partial charge in [-0.15, -0.1) is 0 Å². The normalized spacial score (nSPS) is 18.0. The van der Waals surface area contributed by atoms with Gasteiger partial charge in [0.05, 0.1) is 18.4 Å². The number of hydrogen-bond acceptors (Lipinski definition) is 5. The first-order chi connectivity index (χ1) is 12.7. The van der Waals surface area contributed by atoms with Crippen LogP contribution in [0, 0.1) is 0 Å². The Hall–Kier alpha value is -3.02. The van der Waals surface area contributed by atoms with Crippen molar-refractivity contribution >= 4 is 11.6 Å². The summed E-state index contributed by atoms with van der Waals surface area (Å²) in [6.45, 7) is 4.35. The fourth-order valence-corrected chi connectivity index (χ4v) is 3.26. The Bertz CT molecular complexity index is 861. The maximum atomic E-state index is 12.1. The Balaban J connectivity index is 1.61. The number of ether oxygens (including phenoxy) is 3. The lowest BCUT2D eigenvalue weighted by Crippen LogP contribution is -2.24. The van der Waals surface area contributed by atoms with Crippen molar-refractivity contribution in [2.45, 2.75) is 26.3 Å².